The lowest BCUT2D eigenvalue weighted by Crippen LogP contribution is -2.27. The number of alkyl halides is 3. The van der Waals surface area contributed by atoms with Gasteiger partial charge in [-0.15, -0.1) is 0 Å². The molecule has 0 fully saturated rings. The third-order valence-electron chi connectivity index (χ3n) is 3.66. The number of halogens is 5. The Kier molecular flexibility index (Phi) is 6.36. The summed E-state index contributed by atoms with van der Waals surface area (Å²) in [6.45, 7) is -0.0737. The Morgan fingerprint density at radius 2 is 1.87 bits per heavy atom. The molecule has 1 amide bonds. The van der Waals surface area contributed by atoms with E-state index in [9.17, 15) is 22.4 Å². The summed E-state index contributed by atoms with van der Waals surface area (Å²) in [6, 6.07) is 11.4. The molecule has 0 atom stereocenters. The van der Waals surface area contributed by atoms with E-state index < -0.39 is 29.5 Å². The third-order valence-corrected chi connectivity index (χ3v) is 3.89. The number of aromatic nitrogens is 2. The van der Waals surface area contributed by atoms with E-state index >= 15 is 0 Å². The van der Waals surface area contributed by atoms with Crippen LogP contribution in [-0.4, -0.2) is 16.1 Å². The Hall–Kier alpha value is -3.40. The van der Waals surface area contributed by atoms with E-state index in [1.165, 1.54) is 30.3 Å². The quantitative estimate of drug-likeness (QED) is 0.525. The highest BCUT2D eigenvalue weighted by Crippen LogP contribution is 2.35. The largest absolute Gasteiger partial charge is 0.437 e. The lowest BCUT2D eigenvalue weighted by molar-refractivity contribution is -0.142. The highest BCUT2D eigenvalue weighted by Gasteiger charge is 2.38. The second-order valence-electron chi connectivity index (χ2n) is 5.91. The minimum absolute atomic E-state index is 0.0737. The molecule has 0 aliphatic rings. The van der Waals surface area contributed by atoms with Crippen molar-refractivity contribution in [2.75, 3.05) is 5.32 Å². The number of nitrogens with one attached hydrogen (secondary N) is 2. The van der Waals surface area contributed by atoms with Crippen LogP contribution in [0.3, 0.4) is 0 Å². The number of amides is 1. The number of ether oxygens (including phenoxy) is 1. The van der Waals surface area contributed by atoms with E-state index in [0.717, 1.165) is 6.20 Å². The van der Waals surface area contributed by atoms with Crippen molar-refractivity contribution in [2.24, 2.45) is 0 Å². The van der Waals surface area contributed by atoms with E-state index in [1.807, 2.05) is 0 Å². The molecular formula is C19H13ClF4N4O2. The van der Waals surface area contributed by atoms with E-state index in [2.05, 4.69) is 20.6 Å². The summed E-state index contributed by atoms with van der Waals surface area (Å²) in [5.41, 5.74) is -0.526. The molecule has 30 heavy (non-hydrogen) atoms. The summed E-state index contributed by atoms with van der Waals surface area (Å²) in [7, 11) is 0. The maximum absolute atomic E-state index is 13.4. The molecule has 0 aliphatic heterocycles. The molecule has 2 N–H and O–H groups in total. The molecule has 0 aliphatic carbocycles. The first-order chi connectivity index (χ1) is 14.2. The number of hydrogen-bond donors (Lipinski definition) is 2. The molecule has 3 aromatic rings. The first-order valence-electron chi connectivity index (χ1n) is 8.37. The van der Waals surface area contributed by atoms with Crippen LogP contribution in [0.25, 0.3) is 0 Å². The Labute approximate surface area is 172 Å². The number of nitrogens with zero attached hydrogens (tertiary/aromatic N) is 2. The van der Waals surface area contributed by atoms with E-state index in [-0.39, 0.29) is 12.5 Å². The predicted octanol–water partition coefficient (Wildman–Crippen LogP) is 5.32. The van der Waals surface area contributed by atoms with Crippen LogP contribution in [0.2, 0.25) is 5.02 Å². The molecule has 1 aromatic heterocycles. The zero-order chi connectivity index (χ0) is 21.7. The summed E-state index contributed by atoms with van der Waals surface area (Å²) in [6.07, 6.45) is -5.32. The van der Waals surface area contributed by atoms with Crippen LogP contribution in [-0.2, 0) is 12.7 Å². The lowest BCUT2D eigenvalue weighted by Gasteiger charge is -2.14. The topological polar surface area (TPSA) is 76.1 Å². The van der Waals surface area contributed by atoms with Gasteiger partial charge in [0.05, 0.1) is 6.20 Å². The summed E-state index contributed by atoms with van der Waals surface area (Å²) < 4.78 is 57.8. The molecule has 11 heteroatoms. The molecule has 2 aromatic carbocycles. The van der Waals surface area contributed by atoms with Gasteiger partial charge in [0.25, 0.3) is 0 Å². The first-order valence-corrected chi connectivity index (χ1v) is 8.75. The van der Waals surface area contributed by atoms with E-state index in [1.54, 1.807) is 18.2 Å². The number of carbonyl (C=O) groups excluding carboxylic acids is 1. The minimum Gasteiger partial charge on any atom is -0.406 e. The van der Waals surface area contributed by atoms with Crippen molar-refractivity contribution in [1.29, 1.82) is 0 Å². The normalized spacial score (nSPS) is 11.1. The van der Waals surface area contributed by atoms with Gasteiger partial charge in [-0.2, -0.15) is 13.2 Å². The second-order valence-corrected chi connectivity index (χ2v) is 6.35. The molecule has 0 unspecified atom stereocenters. The Balaban J connectivity index is 1.73. The maximum atomic E-state index is 13.4. The fraction of sp³-hybridized carbons (Fsp3) is 0.105. The number of rotatable bonds is 5. The molecule has 0 saturated carbocycles. The molecule has 1 heterocycles. The van der Waals surface area contributed by atoms with Crippen LogP contribution >= 0.6 is 11.6 Å². The van der Waals surface area contributed by atoms with Gasteiger partial charge in [0.15, 0.2) is 11.4 Å². The minimum atomic E-state index is -4.90. The fourth-order valence-corrected chi connectivity index (χ4v) is 2.51. The van der Waals surface area contributed by atoms with Gasteiger partial charge in [-0.3, -0.25) is 0 Å². The van der Waals surface area contributed by atoms with Crippen LogP contribution in [0, 0.1) is 5.82 Å². The maximum Gasteiger partial charge on any atom is 0.437 e. The van der Waals surface area contributed by atoms with Crippen molar-refractivity contribution in [3.05, 3.63) is 76.8 Å². The summed E-state index contributed by atoms with van der Waals surface area (Å²) in [5, 5.41) is 5.23. The van der Waals surface area contributed by atoms with Crippen LogP contribution in [0.15, 0.2) is 54.7 Å². The van der Waals surface area contributed by atoms with Crippen molar-refractivity contribution < 1.29 is 27.1 Å². The number of hydrogen-bond acceptors (Lipinski definition) is 5. The zero-order valence-corrected chi connectivity index (χ0v) is 15.8. The smallest absolute Gasteiger partial charge is 0.406 e. The first kappa shape index (κ1) is 21.3. The third kappa shape index (κ3) is 5.80. The van der Waals surface area contributed by atoms with Gasteiger partial charge < -0.3 is 15.4 Å². The van der Waals surface area contributed by atoms with Crippen molar-refractivity contribution >= 4 is 29.3 Å². The van der Waals surface area contributed by atoms with Crippen LogP contribution < -0.4 is 15.4 Å². The highest BCUT2D eigenvalue weighted by molar-refractivity contribution is 6.30. The van der Waals surface area contributed by atoms with Crippen LogP contribution in [0.5, 0.6) is 5.75 Å². The standard InChI is InChI=1S/C19H13ClF4N4O2/c20-12-2-1-3-14(8-12)27-17-25-10-15(16(28-17)19(22,23)24)30-18(29)26-9-11-4-6-13(21)7-5-11/h1-8,10H,9H2,(H,26,29)(H,25,27,28). The SMILES string of the molecule is O=C(NCc1ccc(F)cc1)Oc1cnc(Nc2cccc(Cl)c2)nc1C(F)(F)F. The lowest BCUT2D eigenvalue weighted by atomic mass is 10.2. The van der Waals surface area contributed by atoms with Crippen LogP contribution in [0.1, 0.15) is 11.3 Å². The molecule has 0 radical (unpaired) electrons. The molecule has 0 saturated heterocycles. The van der Waals surface area contributed by atoms with Crippen molar-refractivity contribution in [1.82, 2.24) is 15.3 Å². The molecule has 156 valence electrons. The van der Waals surface area contributed by atoms with Crippen molar-refractivity contribution in [3.8, 4) is 5.75 Å². The average Bonchev–Trinajstić information content (AvgIpc) is 2.68. The number of anilines is 2. The highest BCUT2D eigenvalue weighted by atomic mass is 35.5. The molecule has 0 spiro atoms. The van der Waals surface area contributed by atoms with Gasteiger partial charge in [-0.25, -0.2) is 19.2 Å². The number of carbonyl (C=O) groups is 1. The predicted molar refractivity (Wildman–Crippen MR) is 101 cm³/mol. The Morgan fingerprint density at radius 1 is 1.13 bits per heavy atom. The van der Waals surface area contributed by atoms with Gasteiger partial charge in [0, 0.05) is 17.3 Å². The van der Waals surface area contributed by atoms with Gasteiger partial charge in [0.2, 0.25) is 5.95 Å². The van der Waals surface area contributed by atoms with Gasteiger partial charge in [-0.1, -0.05) is 29.8 Å². The van der Waals surface area contributed by atoms with Crippen LogP contribution in [0.4, 0.5) is 34.0 Å². The van der Waals surface area contributed by atoms with E-state index in [0.29, 0.717) is 16.3 Å². The number of benzene rings is 2. The molecule has 6 nitrogen and oxygen atoms in total. The van der Waals surface area contributed by atoms with Crippen molar-refractivity contribution in [2.45, 2.75) is 12.7 Å². The fourth-order valence-electron chi connectivity index (χ4n) is 2.32. The van der Waals surface area contributed by atoms with Crippen molar-refractivity contribution in [3.63, 3.8) is 0 Å². The molecule has 0 bridgehead atoms. The molecule has 3 rings (SSSR count). The summed E-state index contributed by atoms with van der Waals surface area (Å²) >= 11 is 5.84. The van der Waals surface area contributed by atoms with E-state index in [4.69, 9.17) is 16.3 Å². The summed E-state index contributed by atoms with van der Waals surface area (Å²) in [5.74, 6) is -1.68. The van der Waals surface area contributed by atoms with Gasteiger partial charge in [0.1, 0.15) is 5.82 Å². The zero-order valence-electron chi connectivity index (χ0n) is 15.0. The molecular weight excluding hydrogens is 428 g/mol. The second kappa shape index (κ2) is 8.95. The average molecular weight is 441 g/mol. The monoisotopic (exact) mass is 440 g/mol. The Bertz CT molecular complexity index is 1050. The van der Waals surface area contributed by atoms with Gasteiger partial charge >= 0.3 is 12.3 Å². The van der Waals surface area contributed by atoms with Gasteiger partial charge in [-0.05, 0) is 35.9 Å². The summed E-state index contributed by atoms with van der Waals surface area (Å²) in [4.78, 5) is 19.0. The Morgan fingerprint density at radius 3 is 2.53 bits per heavy atom.